The number of unbranched alkanes of at least 4 members (excludes halogenated alkanes) is 1. The topological polar surface area (TPSA) is 297 Å². The maximum Gasteiger partial charge on any atom is 0.481 e. The summed E-state index contributed by atoms with van der Waals surface area (Å²) >= 11 is 0. The van der Waals surface area contributed by atoms with Crippen molar-refractivity contribution in [1.29, 1.82) is 0 Å². The molecule has 1 aliphatic heterocycles. The van der Waals surface area contributed by atoms with Gasteiger partial charge in [0.1, 0.15) is 36.0 Å². The van der Waals surface area contributed by atoms with Gasteiger partial charge in [-0.05, 0) is 117 Å². The minimum atomic E-state index is -1.43. The highest BCUT2D eigenvalue weighted by atomic mass is 16.7. The van der Waals surface area contributed by atoms with E-state index in [1.807, 2.05) is 19.1 Å². The van der Waals surface area contributed by atoms with Gasteiger partial charge in [0.2, 0.25) is 41.4 Å². The van der Waals surface area contributed by atoms with E-state index < -0.39 is 116 Å². The highest BCUT2D eigenvalue weighted by Gasteiger charge is 2.68. The number of phenolic OH excluding ortho intramolecular Hbond substituents is 1. The second-order valence-electron chi connectivity index (χ2n) is 21.0. The Balaban J connectivity index is 1.01. The number of hydrogen-bond donors (Lipinski definition) is 9. The molecule has 3 aromatic rings. The summed E-state index contributed by atoms with van der Waals surface area (Å²) in [4.78, 5) is 108. The fourth-order valence-corrected chi connectivity index (χ4v) is 10.3. The molecular weight excluding hydrogens is 963 g/mol. The van der Waals surface area contributed by atoms with E-state index in [-0.39, 0.29) is 35.2 Å². The number of aryl methyl sites for hydroxylation is 1. The molecule has 404 valence electrons. The van der Waals surface area contributed by atoms with E-state index in [4.69, 9.17) is 15.0 Å². The van der Waals surface area contributed by atoms with Crippen molar-refractivity contribution in [1.82, 2.24) is 36.8 Å². The van der Waals surface area contributed by atoms with Crippen molar-refractivity contribution in [3.8, 4) is 16.9 Å². The Morgan fingerprint density at radius 2 is 1.33 bits per heavy atom. The Bertz CT molecular complexity index is 2570. The molecule has 10 atom stereocenters. The fraction of sp³-hybridized carbons (Fsp3) is 0.519. The first-order valence-electron chi connectivity index (χ1n) is 25.7. The lowest BCUT2D eigenvalue weighted by Gasteiger charge is -2.64. The minimum absolute atomic E-state index is 0.0456. The summed E-state index contributed by atoms with van der Waals surface area (Å²) in [6.07, 6.45) is 4.26. The molecule has 4 fully saturated rings. The smallest absolute Gasteiger partial charge is 0.481 e. The number of amides is 8. The van der Waals surface area contributed by atoms with E-state index in [9.17, 15) is 48.6 Å². The molecule has 20 nitrogen and oxygen atoms in total. The third-order valence-corrected chi connectivity index (χ3v) is 15.3. The van der Waals surface area contributed by atoms with Gasteiger partial charge in [0.15, 0.2) is 0 Å². The van der Waals surface area contributed by atoms with Crippen molar-refractivity contribution < 1.29 is 57.9 Å². The van der Waals surface area contributed by atoms with Crippen LogP contribution in [0.1, 0.15) is 102 Å². The summed E-state index contributed by atoms with van der Waals surface area (Å²) in [5.74, 6) is -6.21. The fourth-order valence-electron chi connectivity index (χ4n) is 10.3. The van der Waals surface area contributed by atoms with Crippen LogP contribution in [0.2, 0.25) is 0 Å². The number of rotatable bonds is 24. The third-order valence-electron chi connectivity index (χ3n) is 15.3. The highest BCUT2D eigenvalue weighted by molar-refractivity contribution is 6.47. The average molecular weight is 1040 g/mol. The van der Waals surface area contributed by atoms with Gasteiger partial charge in [0.25, 0.3) is 5.91 Å². The summed E-state index contributed by atoms with van der Waals surface area (Å²) < 4.78 is 12.8. The standard InChI is InChI=1S/C54H73BN8O12/c1-9-10-11-33-12-16-35(17-13-33)36-18-20-37(21-19-36)49(70)62-41(29-64)51(72)58-30(2)47(68)57-28-46(67)63(8)42(24-34-14-22-39(65)23-15-34)52(73)59-31(3)48(69)61-40(27-45(56)66)50(71)60-32(4)55-74-44-26-38-25-43(53(38,5)6)54(44,7)75-55/h12-23,30-32,38,40-44,64-65H,9-11,24-29H2,1-8H3,(H2,56,66)(H,57,68)(H,58,72)(H,59,73)(H,60,71)(H,61,69)(H,62,70)/t30-,31+,32+,38+,40+,41-,42+,43+,44?,54+/m1/s1. The van der Waals surface area contributed by atoms with Gasteiger partial charge in [0, 0.05) is 19.0 Å². The van der Waals surface area contributed by atoms with Crippen molar-refractivity contribution in [2.75, 3.05) is 20.2 Å². The Hall–Kier alpha value is -6.84. The van der Waals surface area contributed by atoms with Crippen LogP contribution in [0.15, 0.2) is 72.8 Å². The molecule has 7 rings (SSSR count). The summed E-state index contributed by atoms with van der Waals surface area (Å²) in [5.41, 5.74) is 8.93. The lowest BCUT2D eigenvalue weighted by Crippen LogP contribution is -2.65. The Morgan fingerprint density at radius 1 is 0.747 bits per heavy atom. The highest BCUT2D eigenvalue weighted by Crippen LogP contribution is 2.65. The van der Waals surface area contributed by atoms with E-state index in [1.54, 1.807) is 31.2 Å². The van der Waals surface area contributed by atoms with E-state index in [0.29, 0.717) is 11.5 Å². The second kappa shape index (κ2) is 24.7. The van der Waals surface area contributed by atoms with Gasteiger partial charge in [-0.1, -0.05) is 75.7 Å². The number of nitrogens with one attached hydrogen (secondary N) is 6. The maximum absolute atomic E-state index is 14.0. The molecule has 75 heavy (non-hydrogen) atoms. The molecule has 1 unspecified atom stereocenters. The molecule has 4 aliphatic rings. The Morgan fingerprint density at radius 3 is 1.93 bits per heavy atom. The molecule has 3 saturated carbocycles. The molecule has 21 heteroatoms. The Labute approximate surface area is 438 Å². The number of nitrogens with two attached hydrogens (primary N) is 1. The van der Waals surface area contributed by atoms with Gasteiger partial charge >= 0.3 is 7.12 Å². The van der Waals surface area contributed by atoms with Crippen LogP contribution in [0.4, 0.5) is 0 Å². The number of phenols is 1. The van der Waals surface area contributed by atoms with Crippen LogP contribution < -0.4 is 37.6 Å². The zero-order valence-electron chi connectivity index (χ0n) is 44.1. The quantitative estimate of drug-likeness (QED) is 0.0581. The SMILES string of the molecule is CCCCc1ccc(-c2ccc(C(=O)N[C@H](CO)C(=O)N[C@H](C)C(=O)NCC(=O)N(C)[C@@H](Cc3ccc(O)cc3)C(=O)N[C@@H](C)C(=O)N[C@@H](CC(N)=O)C(=O)N[C@@H](C)B3OC4C[C@@H]5C[C@@H](C5(C)C)[C@]4(C)O3)cc2)cc1. The predicted molar refractivity (Wildman–Crippen MR) is 279 cm³/mol. The lowest BCUT2D eigenvalue weighted by molar-refractivity contribution is -0.199. The van der Waals surface area contributed by atoms with Crippen molar-refractivity contribution in [2.45, 2.75) is 141 Å². The second-order valence-corrected chi connectivity index (χ2v) is 21.0. The summed E-state index contributed by atoms with van der Waals surface area (Å²) in [6, 6.07) is 14.1. The van der Waals surface area contributed by atoms with E-state index in [0.717, 1.165) is 48.1 Å². The number of nitrogens with zero attached hydrogens (tertiary/aromatic N) is 1. The van der Waals surface area contributed by atoms with E-state index in [1.165, 1.54) is 50.7 Å². The van der Waals surface area contributed by atoms with Crippen LogP contribution in [0.25, 0.3) is 11.1 Å². The van der Waals surface area contributed by atoms with Gasteiger partial charge in [-0.25, -0.2) is 0 Å². The molecular formula is C54H73BN8O12. The van der Waals surface area contributed by atoms with Crippen molar-refractivity contribution in [2.24, 2.45) is 23.0 Å². The maximum atomic E-state index is 14.0. The zero-order valence-corrected chi connectivity index (χ0v) is 44.1. The van der Waals surface area contributed by atoms with Crippen LogP contribution in [0.3, 0.4) is 0 Å². The van der Waals surface area contributed by atoms with Crippen molar-refractivity contribution >= 4 is 54.4 Å². The largest absolute Gasteiger partial charge is 0.508 e. The number of aliphatic hydroxyl groups excluding tert-OH is 1. The van der Waals surface area contributed by atoms with Crippen LogP contribution in [-0.2, 0) is 55.7 Å². The van der Waals surface area contributed by atoms with Crippen LogP contribution in [-0.4, -0.2) is 138 Å². The summed E-state index contributed by atoms with van der Waals surface area (Å²) in [7, 11) is 0.532. The van der Waals surface area contributed by atoms with Gasteiger partial charge in [0.05, 0.1) is 37.2 Å². The monoisotopic (exact) mass is 1040 g/mol. The first-order chi connectivity index (χ1) is 35.4. The number of hydrogen-bond acceptors (Lipinski definition) is 12. The van der Waals surface area contributed by atoms with Crippen molar-refractivity contribution in [3.63, 3.8) is 0 Å². The van der Waals surface area contributed by atoms with E-state index in [2.05, 4.69) is 64.8 Å². The van der Waals surface area contributed by atoms with Gasteiger partial charge in [-0.15, -0.1) is 0 Å². The summed E-state index contributed by atoms with van der Waals surface area (Å²) in [6.45, 7) is 11.6. The number of primary amides is 1. The molecule has 1 saturated heterocycles. The third kappa shape index (κ3) is 13.9. The average Bonchev–Trinajstić information content (AvgIpc) is 3.75. The number of carbonyl (C=O) groups excluding carboxylic acids is 8. The first kappa shape index (κ1) is 57.4. The Kier molecular flexibility index (Phi) is 18.9. The number of aliphatic hydroxyl groups is 1. The molecule has 0 spiro atoms. The number of aromatic hydroxyl groups is 1. The van der Waals surface area contributed by atoms with Gasteiger partial charge in [-0.2, -0.15) is 0 Å². The predicted octanol–water partition coefficient (Wildman–Crippen LogP) is 1.82. The van der Waals surface area contributed by atoms with Crippen LogP contribution in [0.5, 0.6) is 5.75 Å². The minimum Gasteiger partial charge on any atom is -0.508 e. The molecule has 0 radical (unpaired) electrons. The number of carbonyl (C=O) groups is 8. The molecule has 1 heterocycles. The van der Waals surface area contributed by atoms with E-state index >= 15 is 0 Å². The molecule has 3 aromatic carbocycles. The lowest BCUT2D eigenvalue weighted by atomic mass is 9.43. The van der Waals surface area contributed by atoms with Crippen LogP contribution >= 0.6 is 0 Å². The molecule has 8 amide bonds. The molecule has 0 aromatic heterocycles. The molecule has 10 N–H and O–H groups in total. The first-order valence-corrected chi connectivity index (χ1v) is 25.7. The van der Waals surface area contributed by atoms with Crippen molar-refractivity contribution in [3.05, 3.63) is 89.5 Å². The molecule has 3 aliphatic carbocycles. The molecule has 2 bridgehead atoms. The normalized spacial score (nSPS) is 21.5. The number of likely N-dealkylation sites (N-methyl/N-ethyl adjacent to an activating group) is 1. The van der Waals surface area contributed by atoms with Gasteiger partial charge in [-0.3, -0.25) is 38.4 Å². The van der Waals surface area contributed by atoms with Crippen LogP contribution in [0, 0.1) is 17.3 Å². The zero-order chi connectivity index (χ0) is 54.9. The number of benzene rings is 3. The van der Waals surface area contributed by atoms with Gasteiger partial charge < -0.3 is 62.1 Å². The summed E-state index contributed by atoms with van der Waals surface area (Å²) in [5, 5.41) is 35.1.